The van der Waals surface area contributed by atoms with E-state index in [1.165, 1.54) is 0 Å². The Morgan fingerprint density at radius 3 is 2.83 bits per heavy atom. The lowest BCUT2D eigenvalue weighted by molar-refractivity contribution is 0.311. The number of nitrogens with two attached hydrogens (primary N) is 2. The molecule has 0 aromatic carbocycles. The van der Waals surface area contributed by atoms with Crippen molar-refractivity contribution in [2.45, 2.75) is 19.9 Å². The molecule has 23 heavy (non-hydrogen) atoms. The fourth-order valence-corrected chi connectivity index (χ4v) is 2.76. The summed E-state index contributed by atoms with van der Waals surface area (Å²) in [6, 6.07) is 3.69. The SMILES string of the molecule is Cc1nc(N)c2c(n1)N(C(C)c1cccnc1N)CCOC2=N. The molecular weight excluding hydrogens is 294 g/mol. The van der Waals surface area contributed by atoms with Crippen molar-refractivity contribution in [3.63, 3.8) is 0 Å². The number of hydrogen-bond donors (Lipinski definition) is 3. The molecule has 0 radical (unpaired) electrons. The van der Waals surface area contributed by atoms with Crippen LogP contribution in [-0.4, -0.2) is 34.0 Å². The zero-order chi connectivity index (χ0) is 16.6. The summed E-state index contributed by atoms with van der Waals surface area (Å²) < 4.78 is 5.43. The number of aryl methyl sites for hydroxylation is 1. The lowest BCUT2D eigenvalue weighted by Gasteiger charge is -2.30. The van der Waals surface area contributed by atoms with Crippen LogP contribution in [0.4, 0.5) is 17.5 Å². The van der Waals surface area contributed by atoms with Crippen molar-refractivity contribution in [2.24, 2.45) is 0 Å². The molecule has 1 aliphatic heterocycles. The second kappa shape index (κ2) is 5.71. The van der Waals surface area contributed by atoms with Crippen LogP contribution in [0.1, 0.15) is 29.9 Å². The lowest BCUT2D eigenvalue weighted by Crippen LogP contribution is -2.31. The Labute approximate surface area is 134 Å². The number of nitrogens with one attached hydrogen (secondary N) is 1. The Morgan fingerprint density at radius 1 is 1.30 bits per heavy atom. The van der Waals surface area contributed by atoms with Crippen molar-refractivity contribution in [1.82, 2.24) is 15.0 Å². The van der Waals surface area contributed by atoms with E-state index >= 15 is 0 Å². The maximum Gasteiger partial charge on any atom is 0.220 e. The summed E-state index contributed by atoms with van der Waals surface area (Å²) in [5, 5.41) is 8.05. The number of hydrogen-bond acceptors (Lipinski definition) is 8. The van der Waals surface area contributed by atoms with Crippen LogP contribution < -0.4 is 16.4 Å². The fourth-order valence-electron chi connectivity index (χ4n) is 2.76. The van der Waals surface area contributed by atoms with Gasteiger partial charge in [0, 0.05) is 11.8 Å². The first kappa shape index (κ1) is 15.0. The van der Waals surface area contributed by atoms with Gasteiger partial charge in [-0.25, -0.2) is 15.0 Å². The summed E-state index contributed by atoms with van der Waals surface area (Å²) in [7, 11) is 0. The van der Waals surface area contributed by atoms with E-state index in [0.29, 0.717) is 36.2 Å². The van der Waals surface area contributed by atoms with E-state index in [1.54, 1.807) is 13.1 Å². The van der Waals surface area contributed by atoms with Crippen LogP contribution in [0.3, 0.4) is 0 Å². The molecule has 0 saturated heterocycles. The van der Waals surface area contributed by atoms with E-state index in [1.807, 2.05) is 24.0 Å². The van der Waals surface area contributed by atoms with Crippen LogP contribution in [0, 0.1) is 12.3 Å². The van der Waals surface area contributed by atoms with Gasteiger partial charge in [0.2, 0.25) is 5.90 Å². The number of pyridine rings is 1. The van der Waals surface area contributed by atoms with Gasteiger partial charge in [0.25, 0.3) is 0 Å². The largest absolute Gasteiger partial charge is 0.476 e. The van der Waals surface area contributed by atoms with E-state index in [0.717, 1.165) is 5.56 Å². The van der Waals surface area contributed by atoms with Crippen molar-refractivity contribution < 1.29 is 4.74 Å². The maximum absolute atomic E-state index is 8.05. The Bertz CT molecular complexity index is 761. The normalized spacial score (nSPS) is 15.6. The highest BCUT2D eigenvalue weighted by molar-refractivity contribution is 6.01. The number of fused-ring (bicyclic) bond motifs is 1. The van der Waals surface area contributed by atoms with Gasteiger partial charge in [-0.05, 0) is 19.9 Å². The summed E-state index contributed by atoms with van der Waals surface area (Å²) in [6.07, 6.45) is 1.66. The number of aromatic nitrogens is 3. The molecule has 8 heteroatoms. The molecule has 1 aliphatic rings. The van der Waals surface area contributed by atoms with Crippen LogP contribution in [0.25, 0.3) is 0 Å². The van der Waals surface area contributed by atoms with Crippen molar-refractivity contribution in [3.8, 4) is 0 Å². The van der Waals surface area contributed by atoms with Crippen LogP contribution in [-0.2, 0) is 4.74 Å². The molecule has 0 bridgehead atoms. The number of nitrogens with zero attached hydrogens (tertiary/aromatic N) is 4. The van der Waals surface area contributed by atoms with Gasteiger partial charge < -0.3 is 21.1 Å². The van der Waals surface area contributed by atoms with Crippen LogP contribution in [0.5, 0.6) is 0 Å². The molecule has 5 N–H and O–H groups in total. The predicted octanol–water partition coefficient (Wildman–Crippen LogP) is 1.27. The monoisotopic (exact) mass is 313 g/mol. The maximum atomic E-state index is 8.05. The number of ether oxygens (including phenoxy) is 1. The second-order valence-corrected chi connectivity index (χ2v) is 5.38. The summed E-state index contributed by atoms with van der Waals surface area (Å²) in [5.41, 5.74) is 13.3. The first-order valence-electron chi connectivity index (χ1n) is 7.32. The van der Waals surface area contributed by atoms with Crippen molar-refractivity contribution >= 4 is 23.4 Å². The molecule has 3 heterocycles. The molecule has 3 rings (SSSR count). The molecule has 0 amide bonds. The number of nitrogen functional groups attached to an aromatic ring is 2. The summed E-state index contributed by atoms with van der Waals surface area (Å²) in [4.78, 5) is 14.8. The summed E-state index contributed by atoms with van der Waals surface area (Å²) >= 11 is 0. The van der Waals surface area contributed by atoms with Gasteiger partial charge >= 0.3 is 0 Å². The van der Waals surface area contributed by atoms with Gasteiger partial charge in [0.15, 0.2) is 0 Å². The van der Waals surface area contributed by atoms with E-state index in [-0.39, 0.29) is 17.8 Å². The molecule has 2 aromatic heterocycles. The molecule has 120 valence electrons. The van der Waals surface area contributed by atoms with Crippen LogP contribution in [0.15, 0.2) is 18.3 Å². The number of rotatable bonds is 2. The average molecular weight is 313 g/mol. The lowest BCUT2D eigenvalue weighted by atomic mass is 10.1. The van der Waals surface area contributed by atoms with E-state index in [2.05, 4.69) is 15.0 Å². The smallest absolute Gasteiger partial charge is 0.220 e. The van der Waals surface area contributed by atoms with E-state index < -0.39 is 0 Å². The third-order valence-electron chi connectivity index (χ3n) is 3.90. The first-order chi connectivity index (χ1) is 11.0. The Morgan fingerprint density at radius 2 is 2.09 bits per heavy atom. The summed E-state index contributed by atoms with van der Waals surface area (Å²) in [6.45, 7) is 4.70. The molecule has 1 unspecified atom stereocenters. The summed E-state index contributed by atoms with van der Waals surface area (Å²) in [5.74, 6) is 1.85. The molecule has 0 spiro atoms. The molecule has 2 aromatic rings. The van der Waals surface area contributed by atoms with Crippen molar-refractivity contribution in [2.75, 3.05) is 29.5 Å². The molecule has 0 fully saturated rings. The molecule has 0 saturated carbocycles. The van der Waals surface area contributed by atoms with Crippen LogP contribution >= 0.6 is 0 Å². The zero-order valence-corrected chi connectivity index (χ0v) is 13.1. The average Bonchev–Trinajstić information content (AvgIpc) is 2.66. The van der Waals surface area contributed by atoms with Gasteiger partial charge in [0.1, 0.15) is 35.4 Å². The Balaban J connectivity index is 2.12. The second-order valence-electron chi connectivity index (χ2n) is 5.38. The quantitative estimate of drug-likeness (QED) is 0.761. The van der Waals surface area contributed by atoms with Gasteiger partial charge in [-0.2, -0.15) is 0 Å². The van der Waals surface area contributed by atoms with Crippen molar-refractivity contribution in [3.05, 3.63) is 35.3 Å². The highest BCUT2D eigenvalue weighted by atomic mass is 16.5. The Hall–Kier alpha value is -2.90. The Kier molecular flexibility index (Phi) is 3.73. The molecular formula is C15H19N7O. The van der Waals surface area contributed by atoms with Gasteiger partial charge in [-0.15, -0.1) is 0 Å². The minimum absolute atomic E-state index is 0.00800. The highest BCUT2D eigenvalue weighted by Crippen LogP contribution is 2.33. The van der Waals surface area contributed by atoms with Gasteiger partial charge in [-0.1, -0.05) is 6.07 Å². The molecule has 8 nitrogen and oxygen atoms in total. The van der Waals surface area contributed by atoms with E-state index in [4.69, 9.17) is 21.6 Å². The molecule has 1 atom stereocenters. The zero-order valence-electron chi connectivity index (χ0n) is 13.1. The standard InChI is InChI=1S/C15H19N7O/c1-8(10-4-3-5-19-12(10)16)22-6-7-23-14(18)11-13(17)20-9(2)21-15(11)22/h3-5,8,18H,6-7H2,1-2H3,(H2,16,19)(H2,17,20,21). The highest BCUT2D eigenvalue weighted by Gasteiger charge is 2.29. The minimum atomic E-state index is -0.0920. The molecule has 0 aliphatic carbocycles. The van der Waals surface area contributed by atoms with Gasteiger partial charge in [0.05, 0.1) is 12.6 Å². The topological polar surface area (TPSA) is 127 Å². The van der Waals surface area contributed by atoms with Crippen LogP contribution in [0.2, 0.25) is 0 Å². The van der Waals surface area contributed by atoms with Crippen molar-refractivity contribution in [1.29, 1.82) is 5.41 Å². The van der Waals surface area contributed by atoms with E-state index in [9.17, 15) is 0 Å². The minimum Gasteiger partial charge on any atom is -0.476 e. The third kappa shape index (κ3) is 2.63. The number of anilines is 3. The predicted molar refractivity (Wildman–Crippen MR) is 88.4 cm³/mol. The first-order valence-corrected chi connectivity index (χ1v) is 7.32. The van der Waals surface area contributed by atoms with Gasteiger partial charge in [-0.3, -0.25) is 5.41 Å². The fraction of sp³-hybridized carbons (Fsp3) is 0.333. The third-order valence-corrected chi connectivity index (χ3v) is 3.90.